The number of aromatic nitrogens is 2. The van der Waals surface area contributed by atoms with E-state index in [1.807, 2.05) is 39.0 Å². The highest BCUT2D eigenvalue weighted by Crippen LogP contribution is 2.22. The van der Waals surface area contributed by atoms with E-state index in [4.69, 9.17) is 9.26 Å². The van der Waals surface area contributed by atoms with Crippen LogP contribution in [0.5, 0.6) is 5.75 Å². The average molecular weight is 311 g/mol. The normalized spacial score (nSPS) is 10.9. The first-order valence-corrected chi connectivity index (χ1v) is 6.57. The molecular formula is C13H15BrN2O2. The van der Waals surface area contributed by atoms with Gasteiger partial charge in [0, 0.05) is 10.4 Å². The number of rotatable bonds is 4. The molecule has 1 aromatic carbocycles. The van der Waals surface area contributed by atoms with Crippen LogP contribution in [0.1, 0.15) is 37.0 Å². The molecule has 0 aliphatic carbocycles. The molecule has 0 atom stereocenters. The van der Waals surface area contributed by atoms with Crippen LogP contribution < -0.4 is 4.74 Å². The highest BCUT2D eigenvalue weighted by molar-refractivity contribution is 9.10. The predicted molar refractivity (Wildman–Crippen MR) is 71.6 cm³/mol. The summed E-state index contributed by atoms with van der Waals surface area (Å²) in [4.78, 5) is 4.25. The molecule has 0 amide bonds. The summed E-state index contributed by atoms with van der Waals surface area (Å²) >= 11 is 3.45. The largest absolute Gasteiger partial charge is 0.484 e. The van der Waals surface area contributed by atoms with Crippen molar-refractivity contribution < 1.29 is 9.26 Å². The molecule has 2 rings (SSSR count). The van der Waals surface area contributed by atoms with Crippen molar-refractivity contribution in [3.05, 3.63) is 40.0 Å². The minimum atomic E-state index is 0.262. The molecule has 0 radical (unpaired) electrons. The summed E-state index contributed by atoms with van der Waals surface area (Å²) in [6.45, 7) is 6.35. The number of hydrogen-bond acceptors (Lipinski definition) is 4. The van der Waals surface area contributed by atoms with Crippen molar-refractivity contribution in [1.82, 2.24) is 10.1 Å². The number of ether oxygens (including phenoxy) is 1. The molecule has 5 heteroatoms. The van der Waals surface area contributed by atoms with Crippen molar-refractivity contribution in [1.29, 1.82) is 0 Å². The van der Waals surface area contributed by atoms with Crippen molar-refractivity contribution in [2.75, 3.05) is 0 Å². The first-order valence-electron chi connectivity index (χ1n) is 5.77. The van der Waals surface area contributed by atoms with Crippen LogP contribution in [-0.2, 0) is 6.61 Å². The quantitative estimate of drug-likeness (QED) is 0.860. The molecule has 1 aromatic heterocycles. The van der Waals surface area contributed by atoms with Gasteiger partial charge in [0.25, 0.3) is 5.89 Å². The maximum atomic E-state index is 5.60. The molecule has 0 N–H and O–H groups in total. The van der Waals surface area contributed by atoms with E-state index in [2.05, 4.69) is 26.1 Å². The molecule has 18 heavy (non-hydrogen) atoms. The van der Waals surface area contributed by atoms with Gasteiger partial charge in [-0.15, -0.1) is 0 Å². The van der Waals surface area contributed by atoms with Crippen LogP contribution >= 0.6 is 15.9 Å². The summed E-state index contributed by atoms with van der Waals surface area (Å²) < 4.78 is 11.8. The van der Waals surface area contributed by atoms with E-state index in [1.165, 1.54) is 0 Å². The molecule has 0 bridgehead atoms. The van der Waals surface area contributed by atoms with Crippen molar-refractivity contribution in [2.24, 2.45) is 0 Å². The Labute approximate surface area is 114 Å². The number of hydrogen-bond donors (Lipinski definition) is 0. The standard InChI is InChI=1S/C13H15BrN2O2/c1-8(2)13-15-12(18-16-13)7-17-10-4-5-11(14)9(3)6-10/h4-6,8H,7H2,1-3H3. The minimum Gasteiger partial charge on any atom is -0.484 e. The van der Waals surface area contributed by atoms with E-state index in [9.17, 15) is 0 Å². The molecule has 0 saturated carbocycles. The Bertz CT molecular complexity index is 538. The van der Waals surface area contributed by atoms with E-state index >= 15 is 0 Å². The summed E-state index contributed by atoms with van der Waals surface area (Å²) in [7, 11) is 0. The van der Waals surface area contributed by atoms with Gasteiger partial charge < -0.3 is 9.26 Å². The molecule has 0 aliphatic rings. The highest BCUT2D eigenvalue weighted by Gasteiger charge is 2.10. The fraction of sp³-hybridized carbons (Fsp3) is 0.385. The zero-order valence-corrected chi connectivity index (χ0v) is 12.2. The summed E-state index contributed by atoms with van der Waals surface area (Å²) in [5.41, 5.74) is 1.13. The van der Waals surface area contributed by atoms with Gasteiger partial charge >= 0.3 is 0 Å². The Kier molecular flexibility index (Phi) is 4.01. The lowest BCUT2D eigenvalue weighted by atomic mass is 10.2. The van der Waals surface area contributed by atoms with E-state index in [0.717, 1.165) is 15.8 Å². The van der Waals surface area contributed by atoms with Crippen LogP contribution in [0.2, 0.25) is 0 Å². The number of aryl methyl sites for hydroxylation is 1. The van der Waals surface area contributed by atoms with Gasteiger partial charge in [0.1, 0.15) is 5.75 Å². The molecule has 1 heterocycles. The van der Waals surface area contributed by atoms with E-state index in [-0.39, 0.29) is 5.92 Å². The maximum absolute atomic E-state index is 5.60. The monoisotopic (exact) mass is 310 g/mol. The van der Waals surface area contributed by atoms with Crippen LogP contribution in [0.15, 0.2) is 27.2 Å². The maximum Gasteiger partial charge on any atom is 0.264 e. The topological polar surface area (TPSA) is 48.2 Å². The van der Waals surface area contributed by atoms with Crippen LogP contribution in [0, 0.1) is 6.92 Å². The van der Waals surface area contributed by atoms with Gasteiger partial charge in [0.15, 0.2) is 12.4 Å². The van der Waals surface area contributed by atoms with Gasteiger partial charge in [-0.05, 0) is 30.7 Å². The Morgan fingerprint density at radius 2 is 2.17 bits per heavy atom. The minimum absolute atomic E-state index is 0.262. The van der Waals surface area contributed by atoms with Crippen LogP contribution in [0.4, 0.5) is 0 Å². The Balaban J connectivity index is 2.00. The molecule has 2 aromatic rings. The molecule has 4 nitrogen and oxygen atoms in total. The second-order valence-electron chi connectivity index (χ2n) is 4.40. The lowest BCUT2D eigenvalue weighted by Gasteiger charge is -2.05. The van der Waals surface area contributed by atoms with Gasteiger partial charge in [-0.25, -0.2) is 0 Å². The Morgan fingerprint density at radius 3 is 2.78 bits per heavy atom. The zero-order chi connectivity index (χ0) is 13.1. The van der Waals surface area contributed by atoms with Crippen LogP contribution in [0.25, 0.3) is 0 Å². The van der Waals surface area contributed by atoms with E-state index < -0.39 is 0 Å². The molecular weight excluding hydrogens is 296 g/mol. The first kappa shape index (κ1) is 13.1. The van der Waals surface area contributed by atoms with Gasteiger partial charge in [-0.3, -0.25) is 0 Å². The third-order valence-electron chi connectivity index (χ3n) is 2.49. The highest BCUT2D eigenvalue weighted by atomic mass is 79.9. The first-order chi connectivity index (χ1) is 8.56. The average Bonchev–Trinajstić information content (AvgIpc) is 2.79. The molecule has 0 spiro atoms. The van der Waals surface area contributed by atoms with Gasteiger partial charge in [0.2, 0.25) is 0 Å². The van der Waals surface area contributed by atoms with Crippen molar-refractivity contribution >= 4 is 15.9 Å². The van der Waals surface area contributed by atoms with Crippen molar-refractivity contribution in [2.45, 2.75) is 33.3 Å². The van der Waals surface area contributed by atoms with Crippen LogP contribution in [-0.4, -0.2) is 10.1 Å². The zero-order valence-electron chi connectivity index (χ0n) is 10.6. The SMILES string of the molecule is Cc1cc(OCc2nc(C(C)C)no2)ccc1Br. The van der Waals surface area contributed by atoms with Gasteiger partial charge in [0.05, 0.1) is 0 Å². The molecule has 0 fully saturated rings. The number of benzene rings is 1. The molecule has 0 saturated heterocycles. The van der Waals surface area contributed by atoms with Crippen molar-refractivity contribution in [3.63, 3.8) is 0 Å². The predicted octanol–water partition coefficient (Wildman–Crippen LogP) is 3.84. The summed E-state index contributed by atoms with van der Waals surface area (Å²) in [6.07, 6.45) is 0. The van der Waals surface area contributed by atoms with E-state index in [1.54, 1.807) is 0 Å². The second kappa shape index (κ2) is 5.52. The third kappa shape index (κ3) is 3.10. The summed E-state index contributed by atoms with van der Waals surface area (Å²) in [5.74, 6) is 2.26. The van der Waals surface area contributed by atoms with Crippen molar-refractivity contribution in [3.8, 4) is 5.75 Å². The lowest BCUT2D eigenvalue weighted by Crippen LogP contribution is -1.97. The molecule has 96 valence electrons. The fourth-order valence-electron chi connectivity index (χ4n) is 1.41. The number of nitrogens with zero attached hydrogens (tertiary/aromatic N) is 2. The second-order valence-corrected chi connectivity index (χ2v) is 5.26. The summed E-state index contributed by atoms with van der Waals surface area (Å²) in [6, 6.07) is 5.82. The third-order valence-corrected chi connectivity index (χ3v) is 3.38. The fourth-order valence-corrected chi connectivity index (χ4v) is 1.66. The molecule has 0 aliphatic heterocycles. The smallest absolute Gasteiger partial charge is 0.264 e. The van der Waals surface area contributed by atoms with Gasteiger partial charge in [-0.1, -0.05) is 34.9 Å². The number of halogens is 1. The van der Waals surface area contributed by atoms with E-state index in [0.29, 0.717) is 18.3 Å². The van der Waals surface area contributed by atoms with Gasteiger partial charge in [-0.2, -0.15) is 4.98 Å². The van der Waals surface area contributed by atoms with Crippen LogP contribution in [0.3, 0.4) is 0 Å². The Hall–Kier alpha value is -1.36. The molecule has 0 unspecified atom stereocenters. The Morgan fingerprint density at radius 1 is 1.39 bits per heavy atom. The summed E-state index contributed by atoms with van der Waals surface area (Å²) in [5, 5.41) is 3.89. The lowest BCUT2D eigenvalue weighted by molar-refractivity contribution is 0.242.